The molecule has 1 heterocycles. The second-order valence-electron chi connectivity index (χ2n) is 5.25. The maximum Gasteiger partial charge on any atom is 0.278 e. The minimum atomic E-state index is -0.370. The Bertz CT molecular complexity index is 628. The van der Waals surface area contributed by atoms with Crippen LogP contribution in [-0.4, -0.2) is 42.0 Å². The van der Waals surface area contributed by atoms with Gasteiger partial charge in [0.2, 0.25) is 0 Å². The Hall–Kier alpha value is -2.21. The molecule has 0 spiro atoms. The van der Waals surface area contributed by atoms with Crippen molar-refractivity contribution in [2.45, 2.75) is 12.8 Å². The van der Waals surface area contributed by atoms with Gasteiger partial charge in [-0.05, 0) is 45.6 Å². The van der Waals surface area contributed by atoms with E-state index in [1.165, 1.54) is 6.07 Å². The second kappa shape index (κ2) is 6.99. The largest absolute Gasteiger partial charge is 0.385 e. The number of unbranched alkanes of at least 4 members (excludes halogenated alkanes) is 1. The number of pyridine rings is 1. The van der Waals surface area contributed by atoms with Crippen molar-refractivity contribution in [3.05, 3.63) is 40.7 Å². The van der Waals surface area contributed by atoms with E-state index in [9.17, 15) is 10.1 Å². The van der Waals surface area contributed by atoms with Gasteiger partial charge in [0.15, 0.2) is 0 Å². The summed E-state index contributed by atoms with van der Waals surface area (Å²) in [6.07, 6.45) is 5.38. The van der Waals surface area contributed by atoms with Gasteiger partial charge in [0.05, 0.1) is 10.3 Å². The zero-order chi connectivity index (χ0) is 15.2. The predicted molar refractivity (Wildman–Crippen MR) is 84.7 cm³/mol. The van der Waals surface area contributed by atoms with Crippen LogP contribution in [0.1, 0.15) is 12.8 Å². The average molecular weight is 288 g/mol. The van der Waals surface area contributed by atoms with Gasteiger partial charge in [-0.1, -0.05) is 0 Å². The summed E-state index contributed by atoms with van der Waals surface area (Å²) in [4.78, 5) is 16.8. The number of hydrogen-bond donors (Lipinski definition) is 1. The van der Waals surface area contributed by atoms with Crippen molar-refractivity contribution in [2.75, 3.05) is 32.5 Å². The average Bonchev–Trinajstić information content (AvgIpc) is 2.46. The number of nitro benzene ring substituents is 1. The lowest BCUT2D eigenvalue weighted by Crippen LogP contribution is -2.14. The first-order valence-electron chi connectivity index (χ1n) is 6.99. The Kier molecular flexibility index (Phi) is 5.05. The number of anilines is 1. The predicted octanol–water partition coefficient (Wildman–Crippen LogP) is 2.90. The quantitative estimate of drug-likeness (QED) is 0.482. The SMILES string of the molecule is CN(C)CCCCNc1ccc([N+](=O)[O-])c2cnccc12. The summed E-state index contributed by atoms with van der Waals surface area (Å²) in [7, 11) is 4.12. The fraction of sp³-hybridized carbons (Fsp3) is 0.400. The summed E-state index contributed by atoms with van der Waals surface area (Å²) in [6.45, 7) is 1.91. The highest BCUT2D eigenvalue weighted by Gasteiger charge is 2.13. The van der Waals surface area contributed by atoms with Gasteiger partial charge in [0.1, 0.15) is 0 Å². The summed E-state index contributed by atoms with van der Waals surface area (Å²) in [5.74, 6) is 0. The van der Waals surface area contributed by atoms with Gasteiger partial charge >= 0.3 is 0 Å². The highest BCUT2D eigenvalue weighted by atomic mass is 16.6. The molecule has 0 bridgehead atoms. The third-order valence-electron chi connectivity index (χ3n) is 3.34. The van der Waals surface area contributed by atoms with E-state index in [0.29, 0.717) is 5.39 Å². The fourth-order valence-electron chi connectivity index (χ4n) is 2.26. The van der Waals surface area contributed by atoms with E-state index < -0.39 is 0 Å². The topological polar surface area (TPSA) is 71.3 Å². The number of benzene rings is 1. The van der Waals surface area contributed by atoms with Crippen molar-refractivity contribution in [2.24, 2.45) is 0 Å². The molecule has 112 valence electrons. The van der Waals surface area contributed by atoms with Gasteiger partial charge in [0, 0.05) is 36.1 Å². The minimum absolute atomic E-state index is 0.0938. The van der Waals surface area contributed by atoms with Crippen molar-refractivity contribution in [1.29, 1.82) is 0 Å². The first kappa shape index (κ1) is 15.2. The normalized spacial score (nSPS) is 11.0. The lowest BCUT2D eigenvalue weighted by Gasteiger charge is -2.11. The molecule has 0 unspecified atom stereocenters. The molecule has 0 fully saturated rings. The molecule has 0 radical (unpaired) electrons. The molecule has 6 heteroatoms. The highest BCUT2D eigenvalue weighted by molar-refractivity contribution is 5.99. The van der Waals surface area contributed by atoms with Crippen molar-refractivity contribution in [1.82, 2.24) is 9.88 Å². The maximum absolute atomic E-state index is 11.0. The molecule has 1 aromatic heterocycles. The molecule has 6 nitrogen and oxygen atoms in total. The lowest BCUT2D eigenvalue weighted by atomic mass is 10.1. The number of nitro groups is 1. The molecular weight excluding hydrogens is 268 g/mol. The van der Waals surface area contributed by atoms with Crippen LogP contribution in [-0.2, 0) is 0 Å². The monoisotopic (exact) mass is 288 g/mol. The van der Waals surface area contributed by atoms with E-state index in [1.54, 1.807) is 18.5 Å². The smallest absolute Gasteiger partial charge is 0.278 e. The first-order valence-corrected chi connectivity index (χ1v) is 6.99. The van der Waals surface area contributed by atoms with Gasteiger partial charge < -0.3 is 10.2 Å². The van der Waals surface area contributed by atoms with E-state index in [-0.39, 0.29) is 10.6 Å². The number of aromatic nitrogens is 1. The van der Waals surface area contributed by atoms with Crippen molar-refractivity contribution >= 4 is 22.1 Å². The van der Waals surface area contributed by atoms with E-state index >= 15 is 0 Å². The third-order valence-corrected chi connectivity index (χ3v) is 3.34. The molecule has 2 aromatic rings. The number of nitrogens with zero attached hydrogens (tertiary/aromatic N) is 3. The van der Waals surface area contributed by atoms with E-state index in [2.05, 4.69) is 29.3 Å². The molecule has 0 aliphatic rings. The number of fused-ring (bicyclic) bond motifs is 1. The number of non-ortho nitro benzene ring substituents is 1. The number of nitrogens with one attached hydrogen (secondary N) is 1. The first-order chi connectivity index (χ1) is 10.1. The fourth-order valence-corrected chi connectivity index (χ4v) is 2.26. The van der Waals surface area contributed by atoms with Crippen LogP contribution in [0.5, 0.6) is 0 Å². The lowest BCUT2D eigenvalue weighted by molar-refractivity contribution is -0.383. The maximum atomic E-state index is 11.0. The van der Waals surface area contributed by atoms with Gasteiger partial charge in [-0.2, -0.15) is 0 Å². The summed E-state index contributed by atoms with van der Waals surface area (Å²) in [6, 6.07) is 5.11. The van der Waals surface area contributed by atoms with E-state index in [0.717, 1.165) is 37.0 Å². The molecule has 0 aliphatic carbocycles. The summed E-state index contributed by atoms with van der Waals surface area (Å²) >= 11 is 0. The number of hydrogen-bond acceptors (Lipinski definition) is 5. The summed E-state index contributed by atoms with van der Waals surface area (Å²) < 4.78 is 0. The Morgan fingerprint density at radius 1 is 1.24 bits per heavy atom. The van der Waals surface area contributed by atoms with Crippen molar-refractivity contribution in [3.8, 4) is 0 Å². The Morgan fingerprint density at radius 2 is 2.05 bits per heavy atom. The van der Waals surface area contributed by atoms with Crippen LogP contribution >= 0.6 is 0 Å². The standard InChI is InChI=1S/C15H20N4O2/c1-18(2)10-4-3-8-17-14-5-6-15(19(20)21)13-11-16-9-7-12(13)14/h5-7,9,11,17H,3-4,8,10H2,1-2H3. The summed E-state index contributed by atoms with van der Waals surface area (Å²) in [5, 5.41) is 15.8. The third kappa shape index (κ3) is 3.88. The highest BCUT2D eigenvalue weighted by Crippen LogP contribution is 2.30. The molecule has 0 saturated carbocycles. The van der Waals surface area contributed by atoms with Crippen molar-refractivity contribution < 1.29 is 4.92 Å². The van der Waals surface area contributed by atoms with Gasteiger partial charge in [0.25, 0.3) is 5.69 Å². The minimum Gasteiger partial charge on any atom is -0.385 e. The molecular formula is C15H20N4O2. The second-order valence-corrected chi connectivity index (χ2v) is 5.25. The van der Waals surface area contributed by atoms with E-state index in [4.69, 9.17) is 0 Å². The van der Waals surface area contributed by atoms with Gasteiger partial charge in [-0.3, -0.25) is 15.1 Å². The van der Waals surface area contributed by atoms with Gasteiger partial charge in [-0.15, -0.1) is 0 Å². The van der Waals surface area contributed by atoms with Gasteiger partial charge in [-0.25, -0.2) is 0 Å². The molecule has 0 amide bonds. The zero-order valence-electron chi connectivity index (χ0n) is 12.4. The van der Waals surface area contributed by atoms with Crippen LogP contribution < -0.4 is 5.32 Å². The van der Waals surface area contributed by atoms with Crippen LogP contribution in [0.15, 0.2) is 30.6 Å². The van der Waals surface area contributed by atoms with Crippen LogP contribution in [0.4, 0.5) is 11.4 Å². The van der Waals surface area contributed by atoms with Crippen LogP contribution in [0.3, 0.4) is 0 Å². The Balaban J connectivity index is 2.11. The molecule has 1 N–H and O–H groups in total. The molecule has 1 aromatic carbocycles. The number of rotatable bonds is 7. The van der Waals surface area contributed by atoms with Crippen LogP contribution in [0, 0.1) is 10.1 Å². The van der Waals surface area contributed by atoms with Crippen molar-refractivity contribution in [3.63, 3.8) is 0 Å². The molecule has 0 saturated heterocycles. The zero-order valence-corrected chi connectivity index (χ0v) is 12.4. The van der Waals surface area contributed by atoms with Crippen LogP contribution in [0.25, 0.3) is 10.8 Å². The molecule has 0 atom stereocenters. The summed E-state index contributed by atoms with van der Waals surface area (Å²) in [5.41, 5.74) is 1.01. The molecule has 21 heavy (non-hydrogen) atoms. The molecule has 0 aliphatic heterocycles. The molecule has 2 rings (SSSR count). The van der Waals surface area contributed by atoms with Crippen LogP contribution in [0.2, 0.25) is 0 Å². The Morgan fingerprint density at radius 3 is 2.76 bits per heavy atom. The Labute approximate surface area is 123 Å². The van der Waals surface area contributed by atoms with E-state index in [1.807, 2.05) is 6.07 Å².